The monoisotopic (exact) mass is 272 g/mol. The largest absolute Gasteiger partial charge is 0.496 e. The summed E-state index contributed by atoms with van der Waals surface area (Å²) >= 11 is 0. The Balaban J connectivity index is 1.85. The quantitative estimate of drug-likeness (QED) is 0.795. The smallest absolute Gasteiger partial charge is 0.145 e. The van der Waals surface area contributed by atoms with E-state index in [1.165, 1.54) is 18.4 Å². The molecule has 5 nitrogen and oxygen atoms in total. The van der Waals surface area contributed by atoms with Crippen LogP contribution in [0.5, 0.6) is 5.75 Å². The summed E-state index contributed by atoms with van der Waals surface area (Å²) in [7, 11) is 1.69. The van der Waals surface area contributed by atoms with Crippen molar-refractivity contribution < 1.29 is 4.74 Å². The predicted molar refractivity (Wildman–Crippen MR) is 79.7 cm³/mol. The van der Waals surface area contributed by atoms with Crippen molar-refractivity contribution in [3.8, 4) is 17.0 Å². The van der Waals surface area contributed by atoms with Gasteiger partial charge in [-0.3, -0.25) is 5.10 Å². The number of nitrogens with zero attached hydrogens (tertiary/aromatic N) is 1. The first-order valence-electron chi connectivity index (χ1n) is 6.98. The van der Waals surface area contributed by atoms with Crippen molar-refractivity contribution in [1.29, 1.82) is 0 Å². The Morgan fingerprint density at radius 3 is 2.95 bits per heavy atom. The Labute approximate surface area is 118 Å². The Morgan fingerprint density at radius 1 is 1.40 bits per heavy atom. The minimum atomic E-state index is 0.487. The predicted octanol–water partition coefficient (Wildman–Crippen LogP) is 1.96. The third-order valence-corrected chi connectivity index (χ3v) is 3.80. The van der Waals surface area contributed by atoms with Crippen LogP contribution >= 0.6 is 0 Å². The van der Waals surface area contributed by atoms with Gasteiger partial charge in [0, 0.05) is 17.7 Å². The molecule has 1 aromatic heterocycles. The molecular weight excluding hydrogens is 252 g/mol. The SMILES string of the molecule is COc1cc(C[C@H]2CCCN2)ccc1-c1cc(N)n[nH]1. The summed E-state index contributed by atoms with van der Waals surface area (Å²) in [6.45, 7) is 1.13. The van der Waals surface area contributed by atoms with Crippen molar-refractivity contribution in [2.45, 2.75) is 25.3 Å². The van der Waals surface area contributed by atoms with Crippen molar-refractivity contribution in [1.82, 2.24) is 15.5 Å². The summed E-state index contributed by atoms with van der Waals surface area (Å²) in [5.41, 5.74) is 8.81. The summed E-state index contributed by atoms with van der Waals surface area (Å²) in [5, 5.41) is 10.4. The van der Waals surface area contributed by atoms with Crippen molar-refractivity contribution in [3.05, 3.63) is 29.8 Å². The summed E-state index contributed by atoms with van der Waals surface area (Å²) in [6.07, 6.45) is 3.57. The van der Waals surface area contributed by atoms with E-state index in [1.807, 2.05) is 6.07 Å². The van der Waals surface area contributed by atoms with E-state index in [1.54, 1.807) is 7.11 Å². The Bertz CT molecular complexity index is 587. The van der Waals surface area contributed by atoms with Crippen molar-refractivity contribution >= 4 is 5.82 Å². The van der Waals surface area contributed by atoms with Crippen LogP contribution in [0.2, 0.25) is 0 Å². The minimum absolute atomic E-state index is 0.487. The molecule has 20 heavy (non-hydrogen) atoms. The average Bonchev–Trinajstić information content (AvgIpc) is 3.10. The van der Waals surface area contributed by atoms with Crippen LogP contribution in [-0.2, 0) is 6.42 Å². The van der Waals surface area contributed by atoms with Gasteiger partial charge in [0.05, 0.1) is 12.8 Å². The summed E-state index contributed by atoms with van der Waals surface area (Å²) < 4.78 is 5.51. The maximum absolute atomic E-state index is 5.65. The average molecular weight is 272 g/mol. The van der Waals surface area contributed by atoms with E-state index < -0.39 is 0 Å². The molecular formula is C15H20N4O. The molecule has 2 aromatic rings. The van der Waals surface area contributed by atoms with Gasteiger partial charge in [0.25, 0.3) is 0 Å². The molecule has 0 saturated carbocycles. The summed E-state index contributed by atoms with van der Waals surface area (Å²) in [6, 6.07) is 8.72. The number of rotatable bonds is 4. The molecule has 5 heteroatoms. The van der Waals surface area contributed by atoms with Gasteiger partial charge in [-0.1, -0.05) is 6.07 Å². The lowest BCUT2D eigenvalue weighted by Crippen LogP contribution is -2.23. The first-order chi connectivity index (χ1) is 9.76. The van der Waals surface area contributed by atoms with Gasteiger partial charge < -0.3 is 15.8 Å². The summed E-state index contributed by atoms with van der Waals surface area (Å²) in [4.78, 5) is 0. The standard InChI is InChI=1S/C15H20N4O/c1-20-14-8-10(7-11-3-2-6-17-11)4-5-12(14)13-9-15(16)19-18-13/h4-5,8-9,11,17H,2-3,6-7H2,1H3,(H3,16,18,19)/t11-/m1/s1. The molecule has 1 atom stereocenters. The van der Waals surface area contributed by atoms with Gasteiger partial charge in [0.2, 0.25) is 0 Å². The zero-order valence-corrected chi connectivity index (χ0v) is 11.6. The zero-order chi connectivity index (χ0) is 13.9. The highest BCUT2D eigenvalue weighted by molar-refractivity contribution is 5.69. The molecule has 1 aliphatic rings. The first kappa shape index (κ1) is 13.0. The van der Waals surface area contributed by atoms with Crippen molar-refractivity contribution in [2.75, 3.05) is 19.4 Å². The molecule has 0 aliphatic carbocycles. The van der Waals surface area contributed by atoms with Gasteiger partial charge in [-0.2, -0.15) is 5.10 Å². The van der Waals surface area contributed by atoms with Crippen LogP contribution in [0.3, 0.4) is 0 Å². The van der Waals surface area contributed by atoms with E-state index in [-0.39, 0.29) is 0 Å². The molecule has 2 heterocycles. The molecule has 3 rings (SSSR count). The number of nitrogen functional groups attached to an aromatic ring is 1. The molecule has 106 valence electrons. The van der Waals surface area contributed by atoms with E-state index in [2.05, 4.69) is 33.7 Å². The number of H-pyrrole nitrogens is 1. The second kappa shape index (κ2) is 5.54. The van der Waals surface area contributed by atoms with Crippen LogP contribution in [-0.4, -0.2) is 29.9 Å². The molecule has 0 bridgehead atoms. The molecule has 0 radical (unpaired) electrons. The maximum atomic E-state index is 5.65. The highest BCUT2D eigenvalue weighted by Crippen LogP contribution is 2.31. The summed E-state index contributed by atoms with van der Waals surface area (Å²) in [5.74, 6) is 1.34. The number of nitrogens with one attached hydrogen (secondary N) is 2. The lowest BCUT2D eigenvalue weighted by Gasteiger charge is -2.13. The van der Waals surface area contributed by atoms with Crippen LogP contribution in [0.15, 0.2) is 24.3 Å². The van der Waals surface area contributed by atoms with E-state index in [4.69, 9.17) is 10.5 Å². The second-order valence-corrected chi connectivity index (χ2v) is 5.24. The fourth-order valence-electron chi connectivity index (χ4n) is 2.78. The number of hydrogen-bond acceptors (Lipinski definition) is 4. The number of hydrogen-bond donors (Lipinski definition) is 3. The van der Waals surface area contributed by atoms with Crippen molar-refractivity contribution in [3.63, 3.8) is 0 Å². The van der Waals surface area contributed by atoms with Crippen molar-refractivity contribution in [2.24, 2.45) is 0 Å². The number of methoxy groups -OCH3 is 1. The Morgan fingerprint density at radius 2 is 2.30 bits per heavy atom. The van der Waals surface area contributed by atoms with Gasteiger partial charge in [-0.05, 0) is 43.5 Å². The van der Waals surface area contributed by atoms with Crippen LogP contribution < -0.4 is 15.8 Å². The highest BCUT2D eigenvalue weighted by Gasteiger charge is 2.16. The Kier molecular flexibility index (Phi) is 3.60. The van der Waals surface area contributed by atoms with Crippen LogP contribution in [0, 0.1) is 0 Å². The topological polar surface area (TPSA) is 76.0 Å². The molecule has 1 aliphatic heterocycles. The third kappa shape index (κ3) is 2.63. The number of anilines is 1. The first-order valence-corrected chi connectivity index (χ1v) is 6.98. The molecule has 4 N–H and O–H groups in total. The van der Waals surface area contributed by atoms with Gasteiger partial charge in [-0.25, -0.2) is 0 Å². The van der Waals surface area contributed by atoms with Gasteiger partial charge in [0.1, 0.15) is 11.6 Å². The second-order valence-electron chi connectivity index (χ2n) is 5.24. The lowest BCUT2D eigenvalue weighted by atomic mass is 10.0. The molecule has 0 amide bonds. The Hall–Kier alpha value is -2.01. The van der Waals surface area contributed by atoms with Gasteiger partial charge >= 0.3 is 0 Å². The van der Waals surface area contributed by atoms with E-state index in [0.29, 0.717) is 11.9 Å². The van der Waals surface area contributed by atoms with E-state index in [9.17, 15) is 0 Å². The van der Waals surface area contributed by atoms with E-state index in [0.717, 1.165) is 30.0 Å². The fraction of sp³-hybridized carbons (Fsp3) is 0.400. The van der Waals surface area contributed by atoms with E-state index >= 15 is 0 Å². The molecule has 0 spiro atoms. The van der Waals surface area contributed by atoms with Gasteiger partial charge in [-0.15, -0.1) is 0 Å². The maximum Gasteiger partial charge on any atom is 0.145 e. The highest BCUT2D eigenvalue weighted by atomic mass is 16.5. The molecule has 0 unspecified atom stereocenters. The molecule has 1 fully saturated rings. The third-order valence-electron chi connectivity index (χ3n) is 3.80. The number of ether oxygens (including phenoxy) is 1. The van der Waals surface area contributed by atoms with Crippen LogP contribution in [0.4, 0.5) is 5.82 Å². The number of nitrogens with two attached hydrogens (primary N) is 1. The molecule has 1 aromatic carbocycles. The van der Waals surface area contributed by atoms with Crippen LogP contribution in [0.1, 0.15) is 18.4 Å². The number of aromatic nitrogens is 2. The normalized spacial score (nSPS) is 18.4. The zero-order valence-electron chi connectivity index (χ0n) is 11.6. The fourth-order valence-corrected chi connectivity index (χ4v) is 2.78. The molecule has 1 saturated heterocycles. The van der Waals surface area contributed by atoms with Gasteiger partial charge in [0.15, 0.2) is 0 Å². The van der Waals surface area contributed by atoms with Crippen LogP contribution in [0.25, 0.3) is 11.3 Å². The minimum Gasteiger partial charge on any atom is -0.496 e. The number of benzene rings is 1. The lowest BCUT2D eigenvalue weighted by molar-refractivity contribution is 0.415. The number of aromatic amines is 1.